The number of hydrogen-bond donors (Lipinski definition) is 0. The Labute approximate surface area is 209 Å². The Kier molecular flexibility index (Phi) is 7.45. The molecule has 0 saturated carbocycles. The monoisotopic (exact) mass is 526 g/mol. The molecule has 0 aliphatic carbocycles. The minimum absolute atomic E-state index is 0.356. The molecule has 2 heterocycles. The molecule has 4 atom stereocenters. The Bertz CT molecular complexity index is 1110. The standard InChI is InChI=1S/C20H18Cl4N8O/c1-11(31-27-9-25-29-31)19(13-3-5-15(21)17(23)7-13)33-20(12(2)32-28-10-26-30-32)14-4-6-16(22)18(24)8-14/h3-12,19-20H,1-2H3. The van der Waals surface area contributed by atoms with Crippen LogP contribution in [0.1, 0.15) is 49.3 Å². The van der Waals surface area contributed by atoms with Crippen LogP contribution in [0.4, 0.5) is 0 Å². The van der Waals surface area contributed by atoms with Crippen LogP contribution < -0.4 is 0 Å². The molecule has 4 aromatic rings. The van der Waals surface area contributed by atoms with Gasteiger partial charge in [0.05, 0.1) is 20.1 Å². The highest BCUT2D eigenvalue weighted by Crippen LogP contribution is 2.41. The zero-order valence-corrected chi connectivity index (χ0v) is 20.4. The van der Waals surface area contributed by atoms with Crippen molar-refractivity contribution < 1.29 is 4.74 Å². The Morgan fingerprint density at radius 3 is 1.42 bits per heavy atom. The van der Waals surface area contributed by atoms with Gasteiger partial charge in [0.25, 0.3) is 0 Å². The molecule has 0 bridgehead atoms. The molecule has 2 aromatic heterocycles. The van der Waals surface area contributed by atoms with Crippen LogP contribution in [0.3, 0.4) is 0 Å². The Hall–Kier alpha value is -2.30. The molecular formula is C20H18Cl4N8O. The van der Waals surface area contributed by atoms with E-state index in [-0.39, 0.29) is 12.1 Å². The first-order valence-corrected chi connectivity index (χ1v) is 11.4. The number of ether oxygens (including phenoxy) is 1. The molecular weight excluding hydrogens is 510 g/mol. The molecule has 0 aliphatic rings. The number of nitrogens with zero attached hydrogens (tertiary/aromatic N) is 8. The third-order valence-electron chi connectivity index (χ3n) is 5.17. The third kappa shape index (κ3) is 5.28. The van der Waals surface area contributed by atoms with E-state index in [1.165, 1.54) is 22.2 Å². The van der Waals surface area contributed by atoms with Gasteiger partial charge in [-0.05, 0) is 59.7 Å². The molecule has 4 rings (SSSR count). The van der Waals surface area contributed by atoms with Gasteiger partial charge in [-0.25, -0.2) is 0 Å². The maximum atomic E-state index is 6.72. The van der Waals surface area contributed by atoms with E-state index in [0.717, 1.165) is 11.1 Å². The number of tetrazole rings is 2. The zero-order valence-electron chi connectivity index (χ0n) is 17.4. The number of benzene rings is 2. The minimum atomic E-state index is -0.556. The normalized spacial score (nSPS) is 15.2. The second-order valence-corrected chi connectivity index (χ2v) is 8.95. The molecule has 4 unspecified atom stereocenters. The van der Waals surface area contributed by atoms with Crippen molar-refractivity contribution in [3.8, 4) is 0 Å². The second-order valence-electron chi connectivity index (χ2n) is 7.32. The maximum Gasteiger partial charge on any atom is 0.162 e. The van der Waals surface area contributed by atoms with Gasteiger partial charge >= 0.3 is 0 Å². The highest BCUT2D eigenvalue weighted by molar-refractivity contribution is 6.42. The van der Waals surface area contributed by atoms with E-state index >= 15 is 0 Å². The first-order chi connectivity index (χ1) is 15.8. The molecule has 0 saturated heterocycles. The Balaban J connectivity index is 1.78. The minimum Gasteiger partial charge on any atom is -0.361 e. The van der Waals surface area contributed by atoms with Gasteiger partial charge in [0.1, 0.15) is 24.3 Å². The van der Waals surface area contributed by atoms with Crippen LogP contribution in [-0.4, -0.2) is 40.4 Å². The van der Waals surface area contributed by atoms with E-state index in [1.807, 2.05) is 26.0 Å². The molecule has 9 nitrogen and oxygen atoms in total. The maximum absolute atomic E-state index is 6.72. The van der Waals surface area contributed by atoms with E-state index in [0.29, 0.717) is 20.1 Å². The smallest absolute Gasteiger partial charge is 0.162 e. The van der Waals surface area contributed by atoms with E-state index < -0.39 is 12.2 Å². The van der Waals surface area contributed by atoms with Crippen molar-refractivity contribution in [1.29, 1.82) is 0 Å². The summed E-state index contributed by atoms with van der Waals surface area (Å²) in [5.41, 5.74) is 1.55. The average Bonchev–Trinajstić information content (AvgIpc) is 3.52. The number of hydrogen-bond acceptors (Lipinski definition) is 7. The van der Waals surface area contributed by atoms with Crippen LogP contribution in [0, 0.1) is 0 Å². The molecule has 172 valence electrons. The lowest BCUT2D eigenvalue weighted by molar-refractivity contribution is -0.0695. The summed E-state index contributed by atoms with van der Waals surface area (Å²) in [6.07, 6.45) is 1.61. The molecule has 0 N–H and O–H groups in total. The quantitative estimate of drug-likeness (QED) is 0.294. The third-order valence-corrected chi connectivity index (χ3v) is 6.65. The van der Waals surface area contributed by atoms with Crippen molar-refractivity contribution in [3.63, 3.8) is 0 Å². The zero-order chi connectivity index (χ0) is 23.5. The van der Waals surface area contributed by atoms with Crippen molar-refractivity contribution in [3.05, 3.63) is 80.3 Å². The predicted molar refractivity (Wildman–Crippen MR) is 125 cm³/mol. The lowest BCUT2D eigenvalue weighted by atomic mass is 10.00. The van der Waals surface area contributed by atoms with Crippen molar-refractivity contribution >= 4 is 46.4 Å². The number of rotatable bonds is 8. The fraction of sp³-hybridized carbons (Fsp3) is 0.300. The van der Waals surface area contributed by atoms with Crippen LogP contribution in [0.15, 0.2) is 49.1 Å². The van der Waals surface area contributed by atoms with Crippen LogP contribution >= 0.6 is 46.4 Å². The van der Waals surface area contributed by atoms with E-state index in [2.05, 4.69) is 30.8 Å². The van der Waals surface area contributed by atoms with Gasteiger partial charge in [-0.3, -0.25) is 0 Å². The van der Waals surface area contributed by atoms with Gasteiger partial charge in [-0.1, -0.05) is 58.5 Å². The average molecular weight is 528 g/mol. The molecule has 2 aromatic carbocycles. The molecule has 13 heteroatoms. The van der Waals surface area contributed by atoms with E-state index in [4.69, 9.17) is 51.1 Å². The number of aromatic nitrogens is 8. The molecule has 0 amide bonds. The predicted octanol–water partition coefficient (Wildman–Crippen LogP) is 5.59. The molecule has 0 radical (unpaired) electrons. The Morgan fingerprint density at radius 2 is 1.09 bits per heavy atom. The van der Waals surface area contributed by atoms with E-state index in [9.17, 15) is 0 Å². The molecule has 33 heavy (non-hydrogen) atoms. The summed E-state index contributed by atoms with van der Waals surface area (Å²) < 4.78 is 6.72. The van der Waals surface area contributed by atoms with Crippen molar-refractivity contribution in [2.24, 2.45) is 0 Å². The summed E-state index contributed by atoms with van der Waals surface area (Å²) in [7, 11) is 0. The fourth-order valence-electron chi connectivity index (χ4n) is 3.44. The van der Waals surface area contributed by atoms with Crippen LogP contribution in [0.25, 0.3) is 0 Å². The topological polar surface area (TPSA) is 96.4 Å². The van der Waals surface area contributed by atoms with Gasteiger partial charge in [0.15, 0.2) is 12.7 Å². The van der Waals surface area contributed by atoms with Crippen LogP contribution in [0.2, 0.25) is 20.1 Å². The summed E-state index contributed by atoms with van der Waals surface area (Å²) in [5, 5.41) is 25.8. The van der Waals surface area contributed by atoms with Crippen molar-refractivity contribution in [2.45, 2.75) is 38.1 Å². The fourth-order valence-corrected chi connectivity index (χ4v) is 4.06. The highest BCUT2D eigenvalue weighted by Gasteiger charge is 2.32. The summed E-state index contributed by atoms with van der Waals surface area (Å²) in [5.74, 6) is 0. The van der Waals surface area contributed by atoms with Gasteiger partial charge in [-0.2, -0.15) is 9.59 Å². The van der Waals surface area contributed by atoms with Crippen LogP contribution in [-0.2, 0) is 4.74 Å². The summed E-state index contributed by atoms with van der Waals surface area (Å²) in [4.78, 5) is 2.94. The highest BCUT2D eigenvalue weighted by atomic mass is 35.5. The first kappa shape index (κ1) is 23.8. The van der Waals surface area contributed by atoms with Gasteiger partial charge in [-0.15, -0.1) is 20.4 Å². The first-order valence-electron chi connectivity index (χ1n) is 9.85. The van der Waals surface area contributed by atoms with Gasteiger partial charge in [0.2, 0.25) is 0 Å². The van der Waals surface area contributed by atoms with Crippen molar-refractivity contribution in [1.82, 2.24) is 40.4 Å². The summed E-state index contributed by atoms with van der Waals surface area (Å²) >= 11 is 24.9. The molecule has 0 aliphatic heterocycles. The SMILES string of the molecule is CC(C(OC(c1ccc(Cl)c(Cl)c1)C(C)n1ncnn1)c1ccc(Cl)c(Cl)c1)n1ncnn1. The summed E-state index contributed by atoms with van der Waals surface area (Å²) in [6, 6.07) is 9.92. The molecule has 0 spiro atoms. The lowest BCUT2D eigenvalue weighted by Crippen LogP contribution is -2.26. The second kappa shape index (κ2) is 10.3. The summed E-state index contributed by atoms with van der Waals surface area (Å²) in [6.45, 7) is 3.83. The Morgan fingerprint density at radius 1 is 0.667 bits per heavy atom. The van der Waals surface area contributed by atoms with Gasteiger partial charge < -0.3 is 4.74 Å². The van der Waals surface area contributed by atoms with Crippen LogP contribution in [0.5, 0.6) is 0 Å². The largest absolute Gasteiger partial charge is 0.361 e. The van der Waals surface area contributed by atoms with E-state index in [1.54, 1.807) is 24.3 Å². The molecule has 0 fully saturated rings. The number of halogens is 4. The van der Waals surface area contributed by atoms with Gasteiger partial charge in [0, 0.05) is 0 Å². The van der Waals surface area contributed by atoms with Crippen molar-refractivity contribution in [2.75, 3.05) is 0 Å². The lowest BCUT2D eigenvalue weighted by Gasteiger charge is -2.32.